The Kier molecular flexibility index (Phi) is 5.19. The number of hydrogen-bond acceptors (Lipinski definition) is 3. The van der Waals surface area contributed by atoms with Crippen LogP contribution in [0.25, 0.3) is 0 Å². The molecule has 0 aliphatic heterocycles. The van der Waals surface area contributed by atoms with Crippen LogP contribution in [0.1, 0.15) is 19.8 Å². The fraction of sp³-hybridized carbons (Fsp3) is 0.417. The maximum Gasteiger partial charge on any atom is 0.316 e. The van der Waals surface area contributed by atoms with Crippen molar-refractivity contribution in [2.75, 3.05) is 7.11 Å². The third-order valence-corrected chi connectivity index (χ3v) is 3.43. The number of carboxylic acid groups (broad SMARTS) is 1. The van der Waals surface area contributed by atoms with Crippen molar-refractivity contribution in [2.24, 2.45) is 0 Å². The van der Waals surface area contributed by atoms with Crippen LogP contribution in [0.15, 0.2) is 29.2 Å². The minimum atomic E-state index is -0.748. The van der Waals surface area contributed by atoms with Crippen molar-refractivity contribution < 1.29 is 14.6 Å². The van der Waals surface area contributed by atoms with Crippen LogP contribution < -0.4 is 4.74 Å². The zero-order valence-electron chi connectivity index (χ0n) is 9.47. The fourth-order valence-corrected chi connectivity index (χ4v) is 2.39. The van der Waals surface area contributed by atoms with Crippen LogP contribution in [-0.2, 0) is 4.79 Å². The Labute approximate surface area is 99.8 Å². The summed E-state index contributed by atoms with van der Waals surface area (Å²) >= 11 is 1.39. The maximum atomic E-state index is 11.0. The molecule has 0 aliphatic rings. The lowest BCUT2D eigenvalue weighted by atomic mass is 10.2. The maximum absolute atomic E-state index is 11.0. The van der Waals surface area contributed by atoms with Gasteiger partial charge in [0.05, 0.1) is 7.11 Å². The Morgan fingerprint density at radius 2 is 2.06 bits per heavy atom. The minimum absolute atomic E-state index is 0.363. The molecule has 0 heterocycles. The highest BCUT2D eigenvalue weighted by Gasteiger charge is 2.17. The minimum Gasteiger partial charge on any atom is -0.497 e. The lowest BCUT2D eigenvalue weighted by Crippen LogP contribution is -2.15. The SMILES string of the molecule is CCCC(Sc1ccc(OC)cc1)C(=O)O. The zero-order valence-corrected chi connectivity index (χ0v) is 10.3. The van der Waals surface area contributed by atoms with Crippen molar-refractivity contribution in [1.29, 1.82) is 0 Å². The van der Waals surface area contributed by atoms with E-state index in [0.29, 0.717) is 6.42 Å². The molecule has 0 amide bonds. The van der Waals surface area contributed by atoms with Crippen LogP contribution in [-0.4, -0.2) is 23.4 Å². The first kappa shape index (κ1) is 12.9. The number of aliphatic carboxylic acids is 1. The van der Waals surface area contributed by atoms with Gasteiger partial charge < -0.3 is 9.84 Å². The third-order valence-electron chi connectivity index (χ3n) is 2.16. The summed E-state index contributed by atoms with van der Waals surface area (Å²) in [7, 11) is 1.61. The van der Waals surface area contributed by atoms with E-state index in [1.54, 1.807) is 7.11 Å². The second-order valence-corrected chi connectivity index (χ2v) is 4.69. The Morgan fingerprint density at radius 3 is 2.50 bits per heavy atom. The van der Waals surface area contributed by atoms with Gasteiger partial charge >= 0.3 is 5.97 Å². The average molecular weight is 240 g/mol. The lowest BCUT2D eigenvalue weighted by molar-refractivity contribution is -0.136. The van der Waals surface area contributed by atoms with Gasteiger partial charge in [-0.05, 0) is 30.7 Å². The molecule has 88 valence electrons. The first-order valence-electron chi connectivity index (χ1n) is 5.21. The van der Waals surface area contributed by atoms with E-state index in [9.17, 15) is 4.79 Å². The Hall–Kier alpha value is -1.16. The van der Waals surface area contributed by atoms with E-state index in [2.05, 4.69) is 0 Å². The van der Waals surface area contributed by atoms with Gasteiger partial charge in [0.1, 0.15) is 11.0 Å². The molecule has 0 aliphatic carbocycles. The van der Waals surface area contributed by atoms with E-state index in [1.807, 2.05) is 31.2 Å². The van der Waals surface area contributed by atoms with Gasteiger partial charge in [-0.1, -0.05) is 13.3 Å². The molecular weight excluding hydrogens is 224 g/mol. The molecule has 4 heteroatoms. The Bertz CT molecular complexity index is 335. The van der Waals surface area contributed by atoms with Gasteiger partial charge in [0.25, 0.3) is 0 Å². The zero-order chi connectivity index (χ0) is 12.0. The molecule has 0 saturated heterocycles. The molecule has 0 fully saturated rings. The lowest BCUT2D eigenvalue weighted by Gasteiger charge is -2.10. The van der Waals surface area contributed by atoms with Crippen molar-refractivity contribution in [3.63, 3.8) is 0 Å². The van der Waals surface area contributed by atoms with Crippen LogP contribution in [0.2, 0.25) is 0 Å². The Morgan fingerprint density at radius 1 is 1.44 bits per heavy atom. The first-order valence-corrected chi connectivity index (χ1v) is 6.08. The average Bonchev–Trinajstić information content (AvgIpc) is 2.29. The van der Waals surface area contributed by atoms with E-state index in [4.69, 9.17) is 9.84 Å². The summed E-state index contributed by atoms with van der Waals surface area (Å²) in [5, 5.41) is 8.66. The number of carbonyl (C=O) groups is 1. The quantitative estimate of drug-likeness (QED) is 0.776. The number of hydrogen-bond donors (Lipinski definition) is 1. The number of ether oxygens (including phenoxy) is 1. The molecule has 16 heavy (non-hydrogen) atoms. The second-order valence-electron chi connectivity index (χ2n) is 3.41. The molecule has 1 aromatic rings. The van der Waals surface area contributed by atoms with E-state index in [-0.39, 0.29) is 5.25 Å². The Balaban J connectivity index is 2.65. The van der Waals surface area contributed by atoms with Crippen molar-refractivity contribution in [3.05, 3.63) is 24.3 Å². The molecule has 0 bridgehead atoms. The summed E-state index contributed by atoms with van der Waals surface area (Å²) in [6, 6.07) is 7.45. The van der Waals surface area contributed by atoms with E-state index < -0.39 is 5.97 Å². The van der Waals surface area contributed by atoms with E-state index in [0.717, 1.165) is 17.1 Å². The number of methoxy groups -OCH3 is 1. The molecule has 1 aromatic carbocycles. The molecule has 1 N–H and O–H groups in total. The second kappa shape index (κ2) is 6.43. The van der Waals surface area contributed by atoms with Crippen molar-refractivity contribution >= 4 is 17.7 Å². The molecule has 1 rings (SSSR count). The van der Waals surface area contributed by atoms with Crippen LogP contribution in [0, 0.1) is 0 Å². The summed E-state index contributed by atoms with van der Waals surface area (Å²) in [5.41, 5.74) is 0. The van der Waals surface area contributed by atoms with Crippen molar-refractivity contribution in [2.45, 2.75) is 29.9 Å². The van der Waals surface area contributed by atoms with Crippen LogP contribution >= 0.6 is 11.8 Å². The fourth-order valence-electron chi connectivity index (χ4n) is 1.31. The van der Waals surface area contributed by atoms with Gasteiger partial charge in [-0.3, -0.25) is 4.79 Å². The predicted molar refractivity (Wildman–Crippen MR) is 65.2 cm³/mol. The van der Waals surface area contributed by atoms with E-state index >= 15 is 0 Å². The van der Waals surface area contributed by atoms with Crippen molar-refractivity contribution in [3.8, 4) is 5.75 Å². The number of thioether (sulfide) groups is 1. The van der Waals surface area contributed by atoms with E-state index in [1.165, 1.54) is 11.8 Å². The van der Waals surface area contributed by atoms with Gasteiger partial charge in [-0.2, -0.15) is 0 Å². The van der Waals surface area contributed by atoms with Crippen molar-refractivity contribution in [1.82, 2.24) is 0 Å². The summed E-state index contributed by atoms with van der Waals surface area (Å²) in [4.78, 5) is 11.9. The predicted octanol–water partition coefficient (Wildman–Crippen LogP) is 3.04. The molecule has 1 unspecified atom stereocenters. The van der Waals surface area contributed by atoms with Gasteiger partial charge in [-0.15, -0.1) is 11.8 Å². The molecule has 0 saturated carbocycles. The number of benzene rings is 1. The number of carboxylic acids is 1. The topological polar surface area (TPSA) is 46.5 Å². The van der Waals surface area contributed by atoms with Crippen LogP contribution in [0.3, 0.4) is 0 Å². The van der Waals surface area contributed by atoms with Crippen LogP contribution in [0.4, 0.5) is 0 Å². The number of rotatable bonds is 6. The van der Waals surface area contributed by atoms with Gasteiger partial charge in [0.2, 0.25) is 0 Å². The largest absolute Gasteiger partial charge is 0.497 e. The standard InChI is InChI=1S/C12H16O3S/c1-3-4-11(12(13)14)16-10-7-5-9(15-2)6-8-10/h5-8,11H,3-4H2,1-2H3,(H,13,14). The molecule has 0 aromatic heterocycles. The highest BCUT2D eigenvalue weighted by atomic mass is 32.2. The van der Waals surface area contributed by atoms with Gasteiger partial charge in [0.15, 0.2) is 0 Å². The van der Waals surface area contributed by atoms with Crippen LogP contribution in [0.5, 0.6) is 5.75 Å². The molecule has 0 radical (unpaired) electrons. The highest BCUT2D eigenvalue weighted by molar-refractivity contribution is 8.00. The third kappa shape index (κ3) is 3.77. The molecule has 0 spiro atoms. The van der Waals surface area contributed by atoms with Gasteiger partial charge in [0, 0.05) is 4.90 Å². The molecular formula is C12H16O3S. The summed E-state index contributed by atoms with van der Waals surface area (Å²) < 4.78 is 5.04. The smallest absolute Gasteiger partial charge is 0.316 e. The molecule has 1 atom stereocenters. The highest BCUT2D eigenvalue weighted by Crippen LogP contribution is 2.27. The normalized spacial score (nSPS) is 12.1. The summed E-state index contributed by atoms with van der Waals surface area (Å²) in [5.74, 6) is 0.0365. The first-order chi connectivity index (χ1) is 7.67. The summed E-state index contributed by atoms with van der Waals surface area (Å²) in [6.07, 6.45) is 1.56. The van der Waals surface area contributed by atoms with Gasteiger partial charge in [-0.25, -0.2) is 0 Å². The summed E-state index contributed by atoms with van der Waals surface area (Å²) in [6.45, 7) is 1.99. The monoisotopic (exact) mass is 240 g/mol. The molecule has 3 nitrogen and oxygen atoms in total.